The molecule has 2 unspecified atom stereocenters. The molecule has 0 aliphatic heterocycles. The lowest BCUT2D eigenvalue weighted by Crippen LogP contribution is -2.53. The number of Topliss-reactive ketones (excluding diaryl/α,β-unsaturated/α-hetero) is 1. The number of amides is 1. The number of hydrogen-bond donors (Lipinski definition) is 2. The first-order valence-corrected chi connectivity index (χ1v) is 9.13. The number of fused-ring (bicyclic) bond motifs is 2. The fraction of sp³-hybridized carbons (Fsp3) is 0.647. The Morgan fingerprint density at radius 3 is 2.59 bits per heavy atom. The number of nitrogens with two attached hydrogens (primary N) is 1. The summed E-state index contributed by atoms with van der Waals surface area (Å²) in [6.45, 7) is 0. The molecule has 3 rings (SSSR count). The van der Waals surface area contributed by atoms with Crippen LogP contribution in [0.15, 0.2) is 17.5 Å². The van der Waals surface area contributed by atoms with Gasteiger partial charge in [0.2, 0.25) is 5.91 Å². The van der Waals surface area contributed by atoms with Crippen LogP contribution in [0.2, 0.25) is 0 Å². The molecule has 1 aromatic rings. The maximum absolute atomic E-state index is 12.2. The Balaban J connectivity index is 1.50. The van der Waals surface area contributed by atoms with Crippen molar-refractivity contribution >= 4 is 23.0 Å². The summed E-state index contributed by atoms with van der Waals surface area (Å²) in [6, 6.07) is 4.25. The van der Waals surface area contributed by atoms with Gasteiger partial charge in [0.15, 0.2) is 5.78 Å². The second-order valence-electron chi connectivity index (χ2n) is 6.68. The largest absolute Gasteiger partial charge is 0.353 e. The Kier molecular flexibility index (Phi) is 4.93. The smallest absolute Gasteiger partial charge is 0.220 e. The molecule has 120 valence electrons. The van der Waals surface area contributed by atoms with Crippen molar-refractivity contribution in [3.8, 4) is 0 Å². The highest BCUT2D eigenvalue weighted by atomic mass is 32.1. The summed E-state index contributed by atoms with van der Waals surface area (Å²) < 4.78 is 0. The van der Waals surface area contributed by atoms with Crippen LogP contribution in [0, 0.1) is 11.8 Å². The molecule has 4 nitrogen and oxygen atoms in total. The lowest BCUT2D eigenvalue weighted by atomic mass is 9.67. The number of carbonyl (C=O) groups excluding carboxylic acids is 2. The zero-order valence-corrected chi connectivity index (χ0v) is 13.6. The van der Waals surface area contributed by atoms with Gasteiger partial charge in [0.05, 0.1) is 4.88 Å². The molecule has 3 N–H and O–H groups in total. The van der Waals surface area contributed by atoms with Gasteiger partial charge in [-0.25, -0.2) is 0 Å². The van der Waals surface area contributed by atoms with Crippen molar-refractivity contribution in [3.63, 3.8) is 0 Å². The van der Waals surface area contributed by atoms with Crippen molar-refractivity contribution < 1.29 is 9.59 Å². The summed E-state index contributed by atoms with van der Waals surface area (Å²) in [5.41, 5.74) is 6.11. The highest BCUT2D eigenvalue weighted by molar-refractivity contribution is 7.12. The van der Waals surface area contributed by atoms with Gasteiger partial charge in [0.1, 0.15) is 0 Å². The number of carbonyl (C=O) groups is 2. The van der Waals surface area contributed by atoms with Crippen molar-refractivity contribution in [2.24, 2.45) is 17.6 Å². The van der Waals surface area contributed by atoms with Crippen LogP contribution in [0.3, 0.4) is 0 Å². The Morgan fingerprint density at radius 2 is 1.95 bits per heavy atom. The van der Waals surface area contributed by atoms with Gasteiger partial charge < -0.3 is 11.1 Å². The molecule has 2 atom stereocenters. The van der Waals surface area contributed by atoms with E-state index >= 15 is 0 Å². The SMILES string of the molecule is NC1CC2CCCC(C1)C2NC(=O)CCC(=O)c1cccs1. The van der Waals surface area contributed by atoms with Gasteiger partial charge in [0.25, 0.3) is 0 Å². The molecule has 1 aromatic heterocycles. The summed E-state index contributed by atoms with van der Waals surface area (Å²) >= 11 is 1.44. The van der Waals surface area contributed by atoms with E-state index in [1.807, 2.05) is 17.5 Å². The van der Waals surface area contributed by atoms with Crippen LogP contribution in [-0.2, 0) is 4.79 Å². The zero-order chi connectivity index (χ0) is 15.5. The van der Waals surface area contributed by atoms with E-state index in [0.717, 1.165) is 17.7 Å². The standard InChI is InChI=1S/C17H24N2O2S/c18-13-9-11-3-1-4-12(10-13)17(11)19-16(21)7-6-14(20)15-5-2-8-22-15/h2,5,8,11-13,17H,1,3-4,6-7,9-10,18H2,(H,19,21). The van der Waals surface area contributed by atoms with E-state index in [0.29, 0.717) is 30.7 Å². The lowest BCUT2D eigenvalue weighted by molar-refractivity contribution is -0.123. The average Bonchev–Trinajstić information content (AvgIpc) is 3.00. The average molecular weight is 320 g/mol. The van der Waals surface area contributed by atoms with E-state index in [1.165, 1.54) is 30.6 Å². The second kappa shape index (κ2) is 6.92. The fourth-order valence-electron chi connectivity index (χ4n) is 4.07. The van der Waals surface area contributed by atoms with Crippen LogP contribution < -0.4 is 11.1 Å². The van der Waals surface area contributed by atoms with Gasteiger partial charge in [-0.15, -0.1) is 11.3 Å². The third kappa shape index (κ3) is 3.58. The molecule has 2 bridgehead atoms. The van der Waals surface area contributed by atoms with Crippen LogP contribution in [0.5, 0.6) is 0 Å². The molecule has 2 saturated carbocycles. The lowest BCUT2D eigenvalue weighted by Gasteiger charge is -2.45. The van der Waals surface area contributed by atoms with Crippen molar-refractivity contribution in [1.29, 1.82) is 0 Å². The van der Waals surface area contributed by atoms with Crippen LogP contribution in [0.1, 0.15) is 54.6 Å². The maximum atomic E-state index is 12.2. The summed E-state index contributed by atoms with van der Waals surface area (Å²) in [5, 5.41) is 5.09. The third-order valence-electron chi connectivity index (χ3n) is 5.08. The highest BCUT2D eigenvalue weighted by Crippen LogP contribution is 2.39. The molecule has 1 heterocycles. The first-order chi connectivity index (χ1) is 10.6. The minimum Gasteiger partial charge on any atom is -0.353 e. The second-order valence-corrected chi connectivity index (χ2v) is 7.62. The Hall–Kier alpha value is -1.20. The summed E-state index contributed by atoms with van der Waals surface area (Å²) in [4.78, 5) is 24.9. The Bertz CT molecular complexity index is 515. The summed E-state index contributed by atoms with van der Waals surface area (Å²) in [5.74, 6) is 1.14. The van der Waals surface area contributed by atoms with Gasteiger partial charge in [0, 0.05) is 24.9 Å². The summed E-state index contributed by atoms with van der Waals surface area (Å²) in [6.07, 6.45) is 6.23. The molecule has 5 heteroatoms. The molecule has 2 fully saturated rings. The van der Waals surface area contributed by atoms with Gasteiger partial charge in [-0.2, -0.15) is 0 Å². The van der Waals surface area contributed by atoms with Gasteiger partial charge in [-0.1, -0.05) is 12.5 Å². The number of ketones is 1. The van der Waals surface area contributed by atoms with Crippen LogP contribution >= 0.6 is 11.3 Å². The fourth-order valence-corrected chi connectivity index (χ4v) is 4.76. The number of nitrogens with one attached hydrogen (secondary N) is 1. The molecular weight excluding hydrogens is 296 g/mol. The highest BCUT2D eigenvalue weighted by Gasteiger charge is 2.39. The zero-order valence-electron chi connectivity index (χ0n) is 12.8. The van der Waals surface area contributed by atoms with Gasteiger partial charge >= 0.3 is 0 Å². The van der Waals surface area contributed by atoms with E-state index in [4.69, 9.17) is 5.73 Å². The van der Waals surface area contributed by atoms with Crippen LogP contribution in [0.4, 0.5) is 0 Å². The van der Waals surface area contributed by atoms with Crippen molar-refractivity contribution in [1.82, 2.24) is 5.32 Å². The minimum atomic E-state index is 0.0160. The van der Waals surface area contributed by atoms with Crippen molar-refractivity contribution in [2.45, 2.75) is 57.0 Å². The molecule has 0 saturated heterocycles. The number of rotatable bonds is 5. The van der Waals surface area contributed by atoms with E-state index in [9.17, 15) is 9.59 Å². The van der Waals surface area contributed by atoms with Crippen LogP contribution in [0.25, 0.3) is 0 Å². The third-order valence-corrected chi connectivity index (χ3v) is 5.99. The molecule has 0 aromatic carbocycles. The van der Waals surface area contributed by atoms with E-state index < -0.39 is 0 Å². The van der Waals surface area contributed by atoms with E-state index in [1.54, 1.807) is 0 Å². The Labute approximate surface area is 135 Å². The molecule has 2 aliphatic rings. The first-order valence-electron chi connectivity index (χ1n) is 8.25. The number of hydrogen-bond acceptors (Lipinski definition) is 4. The molecule has 0 spiro atoms. The molecule has 1 amide bonds. The quantitative estimate of drug-likeness (QED) is 0.819. The molecule has 0 radical (unpaired) electrons. The monoisotopic (exact) mass is 320 g/mol. The Morgan fingerprint density at radius 1 is 1.23 bits per heavy atom. The van der Waals surface area contributed by atoms with Crippen LogP contribution in [-0.4, -0.2) is 23.8 Å². The normalized spacial score (nSPS) is 30.8. The minimum absolute atomic E-state index is 0.0160. The van der Waals surface area contributed by atoms with Gasteiger partial charge in [-0.05, 0) is 49.0 Å². The van der Waals surface area contributed by atoms with Crippen molar-refractivity contribution in [2.75, 3.05) is 0 Å². The van der Waals surface area contributed by atoms with E-state index in [-0.39, 0.29) is 17.7 Å². The molecular formula is C17H24N2O2S. The summed E-state index contributed by atoms with van der Waals surface area (Å²) in [7, 11) is 0. The first kappa shape index (κ1) is 15.7. The van der Waals surface area contributed by atoms with Gasteiger partial charge in [-0.3, -0.25) is 9.59 Å². The van der Waals surface area contributed by atoms with E-state index in [2.05, 4.69) is 5.32 Å². The van der Waals surface area contributed by atoms with Crippen molar-refractivity contribution in [3.05, 3.63) is 22.4 Å². The predicted octanol–water partition coefficient (Wildman–Crippen LogP) is 2.73. The predicted molar refractivity (Wildman–Crippen MR) is 87.9 cm³/mol. The maximum Gasteiger partial charge on any atom is 0.220 e. The molecule has 22 heavy (non-hydrogen) atoms. The molecule has 2 aliphatic carbocycles. The number of thiophene rings is 1. The topological polar surface area (TPSA) is 72.2 Å².